The molecule has 0 saturated carbocycles. The van der Waals surface area contributed by atoms with Crippen LogP contribution in [-0.4, -0.2) is 41.2 Å². The summed E-state index contributed by atoms with van der Waals surface area (Å²) in [6, 6.07) is 14.5. The van der Waals surface area contributed by atoms with Crippen molar-refractivity contribution in [1.82, 2.24) is 0 Å². The Labute approximate surface area is 345 Å². The molecule has 0 aromatic heterocycles. The van der Waals surface area contributed by atoms with E-state index in [1.165, 1.54) is 14.0 Å². The van der Waals surface area contributed by atoms with Gasteiger partial charge in [0.25, 0.3) is 0 Å². The minimum atomic E-state index is -1.06. The fourth-order valence-electron chi connectivity index (χ4n) is 6.91. The molecule has 0 heterocycles. The third kappa shape index (κ3) is 8.15. The summed E-state index contributed by atoms with van der Waals surface area (Å²) in [5.41, 5.74) is 5.82. The Kier molecular flexibility index (Phi) is 12.7. The molecule has 0 aliphatic rings. The summed E-state index contributed by atoms with van der Waals surface area (Å²) in [5, 5.41) is 21.1. The normalized spacial score (nSPS) is 10.9. The molecular weight excluding hydrogens is 808 g/mol. The molecule has 0 radical (unpaired) electrons. The number of carbonyl (C=O) groups excluding carboxylic acids is 3. The van der Waals surface area contributed by atoms with Gasteiger partial charge < -0.3 is 33.9 Å². The first-order chi connectivity index (χ1) is 27.3. The van der Waals surface area contributed by atoms with Crippen molar-refractivity contribution in [3.8, 4) is 34.5 Å². The third-order valence-electron chi connectivity index (χ3n) is 10.6. The van der Waals surface area contributed by atoms with E-state index in [-0.39, 0.29) is 60.9 Å². The summed E-state index contributed by atoms with van der Waals surface area (Å²) in [5.74, 6) is -2.62. The standard InChI is InChI=1S/C46H45BrO11/c1-21-17-32(55-20-31-15-13-12-14-16-31)19-34(54-11)36(21)45(52)58-42-30(10)40(48)38(29(9)39(42)47)46(53)56-33-18-22(2)35(24(4)23(33)3)44(51)57-41-27(7)25(5)37(43(49)50)26(6)28(41)8/h12-19,48H,20H2,1-11H3,(H,49,50). The average Bonchev–Trinajstić information content (AvgIpc) is 3.17. The van der Waals surface area contributed by atoms with Crippen LogP contribution in [0.5, 0.6) is 34.5 Å². The number of halogens is 1. The molecule has 302 valence electrons. The van der Waals surface area contributed by atoms with Crippen molar-refractivity contribution >= 4 is 39.8 Å². The summed E-state index contributed by atoms with van der Waals surface area (Å²) >= 11 is 3.47. The van der Waals surface area contributed by atoms with Crippen molar-refractivity contribution in [2.45, 2.75) is 75.8 Å². The number of carbonyl (C=O) groups is 4. The smallest absolute Gasteiger partial charge is 0.347 e. The number of hydrogen-bond acceptors (Lipinski definition) is 10. The number of carboxylic acid groups (broad SMARTS) is 1. The second kappa shape index (κ2) is 17.2. The quantitative estimate of drug-likeness (QED) is 0.0964. The molecule has 0 spiro atoms. The predicted octanol–water partition coefficient (Wildman–Crippen LogP) is 10.2. The van der Waals surface area contributed by atoms with Crippen LogP contribution in [0.15, 0.2) is 53.0 Å². The molecule has 58 heavy (non-hydrogen) atoms. The summed E-state index contributed by atoms with van der Waals surface area (Å²) in [7, 11) is 1.43. The Morgan fingerprint density at radius 3 is 1.69 bits per heavy atom. The van der Waals surface area contributed by atoms with Crippen molar-refractivity contribution in [3.63, 3.8) is 0 Å². The molecule has 2 N–H and O–H groups in total. The van der Waals surface area contributed by atoms with Crippen LogP contribution >= 0.6 is 15.9 Å². The number of aromatic hydroxyl groups is 1. The van der Waals surface area contributed by atoms with E-state index in [0.29, 0.717) is 56.9 Å². The van der Waals surface area contributed by atoms with Crippen LogP contribution in [0, 0.1) is 69.2 Å². The van der Waals surface area contributed by atoms with Crippen LogP contribution in [0.2, 0.25) is 0 Å². The van der Waals surface area contributed by atoms with Crippen molar-refractivity contribution in [2.24, 2.45) is 0 Å². The Bertz CT molecular complexity index is 2460. The van der Waals surface area contributed by atoms with Crippen molar-refractivity contribution in [1.29, 1.82) is 0 Å². The van der Waals surface area contributed by atoms with Gasteiger partial charge >= 0.3 is 23.9 Å². The van der Waals surface area contributed by atoms with Gasteiger partial charge in [-0.3, -0.25) is 0 Å². The van der Waals surface area contributed by atoms with Gasteiger partial charge in [-0.25, -0.2) is 19.2 Å². The Hall–Kier alpha value is -6.14. The molecule has 0 bridgehead atoms. The SMILES string of the molecule is COc1cc(OCc2ccccc2)cc(C)c1C(=O)Oc1c(C)c(O)c(C(=O)Oc2cc(C)c(C(=O)Oc3c(C)c(C)c(C(=O)O)c(C)c3C)c(C)c2C)c(C)c1Br. The first kappa shape index (κ1) is 43.0. The van der Waals surface area contributed by atoms with Gasteiger partial charge in [0.05, 0.1) is 22.7 Å². The third-order valence-corrected chi connectivity index (χ3v) is 11.6. The summed E-state index contributed by atoms with van der Waals surface area (Å²) in [6.07, 6.45) is 0. The monoisotopic (exact) mass is 852 g/mol. The Morgan fingerprint density at radius 1 is 0.569 bits per heavy atom. The molecule has 12 heteroatoms. The lowest BCUT2D eigenvalue weighted by molar-refractivity contribution is 0.0689. The van der Waals surface area contributed by atoms with E-state index in [4.69, 9.17) is 23.7 Å². The van der Waals surface area contributed by atoms with E-state index in [0.717, 1.165) is 5.56 Å². The molecular formula is C46H45BrO11. The number of methoxy groups -OCH3 is 1. The maximum Gasteiger partial charge on any atom is 0.347 e. The summed E-state index contributed by atoms with van der Waals surface area (Å²) < 4.78 is 29.4. The molecule has 5 aromatic carbocycles. The van der Waals surface area contributed by atoms with Crippen LogP contribution in [0.25, 0.3) is 0 Å². The number of ether oxygens (including phenoxy) is 5. The van der Waals surface area contributed by atoms with Crippen molar-refractivity contribution < 1.29 is 53.1 Å². The van der Waals surface area contributed by atoms with Gasteiger partial charge in [-0.2, -0.15) is 0 Å². The molecule has 0 aliphatic carbocycles. The zero-order chi connectivity index (χ0) is 42.9. The number of phenols is 1. The number of phenolic OH excluding ortho intramolecular Hbond substituents is 1. The number of rotatable bonds is 11. The molecule has 0 fully saturated rings. The van der Waals surface area contributed by atoms with Crippen molar-refractivity contribution in [3.05, 3.63) is 136 Å². The highest BCUT2D eigenvalue weighted by molar-refractivity contribution is 9.10. The topological polar surface area (TPSA) is 155 Å². The van der Waals surface area contributed by atoms with Crippen molar-refractivity contribution in [2.75, 3.05) is 7.11 Å². The lowest BCUT2D eigenvalue weighted by atomic mass is 9.93. The highest BCUT2D eigenvalue weighted by atomic mass is 79.9. The van der Waals surface area contributed by atoms with Crippen LogP contribution in [0.1, 0.15) is 103 Å². The Morgan fingerprint density at radius 2 is 1.10 bits per heavy atom. The second-order valence-electron chi connectivity index (χ2n) is 14.2. The molecule has 11 nitrogen and oxygen atoms in total. The number of carboxylic acids is 1. The summed E-state index contributed by atoms with van der Waals surface area (Å²) in [4.78, 5) is 53.1. The molecule has 0 amide bonds. The minimum absolute atomic E-state index is 0.00148. The largest absolute Gasteiger partial charge is 0.507 e. The van der Waals surface area contributed by atoms with Crippen LogP contribution in [-0.2, 0) is 6.61 Å². The first-order valence-corrected chi connectivity index (χ1v) is 19.1. The highest BCUT2D eigenvalue weighted by Crippen LogP contribution is 2.43. The fraction of sp³-hybridized carbons (Fsp3) is 0.261. The van der Waals surface area contributed by atoms with Gasteiger partial charge in [-0.15, -0.1) is 0 Å². The number of esters is 3. The van der Waals surface area contributed by atoms with Gasteiger partial charge in [0.1, 0.15) is 46.5 Å². The predicted molar refractivity (Wildman–Crippen MR) is 222 cm³/mol. The van der Waals surface area contributed by atoms with Crippen LogP contribution < -0.4 is 23.7 Å². The van der Waals surface area contributed by atoms with E-state index in [1.807, 2.05) is 30.3 Å². The minimum Gasteiger partial charge on any atom is -0.507 e. The zero-order valence-electron chi connectivity index (χ0n) is 34.3. The number of benzene rings is 5. The number of hydrogen-bond donors (Lipinski definition) is 2. The van der Waals surface area contributed by atoms with Gasteiger partial charge in [0.15, 0.2) is 5.75 Å². The van der Waals surface area contributed by atoms with E-state index < -0.39 is 29.6 Å². The Balaban J connectivity index is 1.39. The van der Waals surface area contributed by atoms with Crippen LogP contribution in [0.3, 0.4) is 0 Å². The maximum atomic E-state index is 13.8. The molecule has 0 atom stereocenters. The molecule has 5 aromatic rings. The van der Waals surface area contributed by atoms with E-state index >= 15 is 0 Å². The van der Waals surface area contributed by atoms with E-state index in [9.17, 15) is 29.4 Å². The lowest BCUT2D eigenvalue weighted by Crippen LogP contribution is -2.18. The number of aryl methyl sites for hydroxylation is 2. The van der Waals surface area contributed by atoms with Gasteiger partial charge in [-0.05, 0) is 153 Å². The molecule has 0 unspecified atom stereocenters. The second-order valence-corrected chi connectivity index (χ2v) is 15.0. The fourth-order valence-corrected chi connectivity index (χ4v) is 7.49. The van der Waals surface area contributed by atoms with Gasteiger partial charge in [-0.1, -0.05) is 30.3 Å². The zero-order valence-corrected chi connectivity index (χ0v) is 35.9. The highest BCUT2D eigenvalue weighted by Gasteiger charge is 2.30. The molecule has 5 rings (SSSR count). The molecule has 0 aliphatic heterocycles. The van der Waals surface area contributed by atoms with E-state index in [2.05, 4.69) is 15.9 Å². The summed E-state index contributed by atoms with van der Waals surface area (Å²) in [6.45, 7) is 17.0. The average molecular weight is 854 g/mol. The first-order valence-electron chi connectivity index (χ1n) is 18.3. The van der Waals surface area contributed by atoms with Crippen LogP contribution in [0.4, 0.5) is 0 Å². The maximum absolute atomic E-state index is 13.8. The van der Waals surface area contributed by atoms with Gasteiger partial charge in [0, 0.05) is 11.6 Å². The lowest BCUT2D eigenvalue weighted by Gasteiger charge is -2.21. The van der Waals surface area contributed by atoms with Gasteiger partial charge in [0.2, 0.25) is 0 Å². The number of aromatic carboxylic acids is 1. The molecule has 0 saturated heterocycles. The van der Waals surface area contributed by atoms with E-state index in [1.54, 1.807) is 80.5 Å².